The Bertz CT molecular complexity index is 2540. The average Bonchev–Trinajstić information content (AvgIpc) is 3.91. The molecule has 0 atom stereocenters. The predicted octanol–water partition coefficient (Wildman–Crippen LogP) is 10.5. The van der Waals surface area contributed by atoms with Gasteiger partial charge in [-0.05, 0) is 35.0 Å². The van der Waals surface area contributed by atoms with Crippen molar-refractivity contribution in [2.45, 2.75) is 0 Å². The molecule has 0 amide bonds. The van der Waals surface area contributed by atoms with Crippen LogP contribution in [-0.2, 0) is 0 Å². The number of hydrogen-bond donors (Lipinski definition) is 0. The third kappa shape index (κ3) is 4.75. The van der Waals surface area contributed by atoms with E-state index in [1.165, 1.54) is 22.7 Å². The average molecular weight is 755 g/mol. The van der Waals surface area contributed by atoms with E-state index in [0.29, 0.717) is 30.4 Å². The Morgan fingerprint density at radius 1 is 0.460 bits per heavy atom. The topological polar surface area (TPSA) is 99.1 Å². The van der Waals surface area contributed by atoms with Crippen LogP contribution in [0.4, 0.5) is 35.1 Å². The number of nitriles is 2. The van der Waals surface area contributed by atoms with Crippen molar-refractivity contribution in [1.82, 2.24) is 19.9 Å². The van der Waals surface area contributed by atoms with Crippen LogP contribution in [0.3, 0.4) is 0 Å². The minimum absolute atomic E-state index is 0.206. The maximum Gasteiger partial charge on any atom is 0.180 e. The van der Waals surface area contributed by atoms with Gasteiger partial charge in [-0.3, -0.25) is 0 Å². The second kappa shape index (κ2) is 11.6. The van der Waals surface area contributed by atoms with E-state index in [1.807, 2.05) is 12.1 Å². The lowest BCUT2D eigenvalue weighted by Crippen LogP contribution is -2.03. The summed E-state index contributed by atoms with van der Waals surface area (Å²) in [6.45, 7) is 0. The van der Waals surface area contributed by atoms with Crippen molar-refractivity contribution in [3.8, 4) is 53.1 Å². The highest BCUT2D eigenvalue weighted by atomic mass is 32.1. The molecule has 8 aromatic rings. The lowest BCUT2D eigenvalue weighted by atomic mass is 10.1. The number of benzene rings is 4. The zero-order chi connectivity index (χ0) is 35.2. The van der Waals surface area contributed by atoms with Crippen molar-refractivity contribution in [2.24, 2.45) is 0 Å². The SMILES string of the molecule is N#Cc1c(F)c(F)c(-c2cnc(-c3nc4cc5cc6sc(-c7ncc(-c8c(F)c(F)c(C#N)c(F)c8F)s7)nc6cc5cc4s3)s2)c(F)c1F. The molecule has 0 aliphatic carbocycles. The smallest absolute Gasteiger partial charge is 0.180 e. The van der Waals surface area contributed by atoms with Crippen molar-refractivity contribution >= 4 is 76.6 Å². The molecule has 0 aliphatic rings. The Hall–Kier alpha value is -5.40. The van der Waals surface area contributed by atoms with Crippen LogP contribution in [0, 0.1) is 69.2 Å². The summed E-state index contributed by atoms with van der Waals surface area (Å²) in [4.78, 5) is 17.1. The van der Waals surface area contributed by atoms with Crippen molar-refractivity contribution in [3.63, 3.8) is 0 Å². The van der Waals surface area contributed by atoms with Gasteiger partial charge in [-0.15, -0.1) is 45.3 Å². The maximum atomic E-state index is 14.6. The minimum atomic E-state index is -1.80. The van der Waals surface area contributed by atoms with Gasteiger partial charge in [-0.25, -0.2) is 55.1 Å². The molecule has 4 aromatic carbocycles. The number of thiazole rings is 4. The van der Waals surface area contributed by atoms with Crippen LogP contribution in [0.25, 0.3) is 72.1 Å². The molecule has 0 saturated heterocycles. The summed E-state index contributed by atoms with van der Waals surface area (Å²) in [7, 11) is 0. The molecule has 4 heterocycles. The fourth-order valence-corrected chi connectivity index (χ4v) is 9.09. The first-order valence-corrected chi connectivity index (χ1v) is 16.9. The first-order chi connectivity index (χ1) is 24.0. The zero-order valence-corrected chi connectivity index (χ0v) is 27.1. The molecular formula is C32H6F8N6S4. The monoisotopic (exact) mass is 754 g/mol. The van der Waals surface area contributed by atoms with Gasteiger partial charge in [0, 0.05) is 12.4 Å². The molecule has 0 N–H and O–H groups in total. The molecule has 0 saturated carbocycles. The van der Waals surface area contributed by atoms with E-state index < -0.39 is 68.8 Å². The van der Waals surface area contributed by atoms with Gasteiger partial charge in [0.05, 0.1) is 41.3 Å². The molecule has 0 unspecified atom stereocenters. The van der Waals surface area contributed by atoms with Crippen LogP contribution in [-0.4, -0.2) is 19.9 Å². The zero-order valence-electron chi connectivity index (χ0n) is 23.8. The highest BCUT2D eigenvalue weighted by Crippen LogP contribution is 2.43. The summed E-state index contributed by atoms with van der Waals surface area (Å²) < 4.78 is 117. The van der Waals surface area contributed by atoms with Crippen LogP contribution in [0.1, 0.15) is 11.1 Å². The molecule has 0 fully saturated rings. The van der Waals surface area contributed by atoms with Crippen LogP contribution >= 0.6 is 45.3 Å². The molecule has 18 heteroatoms. The second-order valence-electron chi connectivity index (χ2n) is 10.3. The van der Waals surface area contributed by atoms with Crippen LogP contribution < -0.4 is 0 Å². The summed E-state index contributed by atoms with van der Waals surface area (Å²) in [6, 6.07) is 9.49. The fraction of sp³-hybridized carbons (Fsp3) is 0. The first kappa shape index (κ1) is 31.8. The standard InChI is InChI=1S/C32H6F8N6S4/c33-21-11(5-41)22(34)26(38)19(25(21)37)17-7-43-29(49-17)31-45-13-1-9-3-16-14(2-10(9)4-15(13)47-31)46-32(48-16)30-44-8-18(50-30)20-27(39)23(35)12(6-42)24(36)28(20)40/h1-4,7-8H. The molecule has 0 bridgehead atoms. The molecule has 4 aromatic heterocycles. The number of hydrogen-bond acceptors (Lipinski definition) is 10. The molecule has 0 aliphatic heterocycles. The summed E-state index contributed by atoms with van der Waals surface area (Å²) in [5.41, 5.74) is -3.57. The van der Waals surface area contributed by atoms with Crippen molar-refractivity contribution in [2.75, 3.05) is 0 Å². The highest BCUT2D eigenvalue weighted by molar-refractivity contribution is 7.27. The Morgan fingerprint density at radius 2 is 0.820 bits per heavy atom. The number of aromatic nitrogens is 4. The van der Waals surface area contributed by atoms with Crippen molar-refractivity contribution in [1.29, 1.82) is 10.5 Å². The quantitative estimate of drug-likeness (QED) is 0.131. The number of rotatable bonds is 4. The lowest BCUT2D eigenvalue weighted by molar-refractivity contribution is 0.455. The largest absolute Gasteiger partial charge is 0.241 e. The highest BCUT2D eigenvalue weighted by Gasteiger charge is 2.29. The Morgan fingerprint density at radius 3 is 1.16 bits per heavy atom. The molecule has 0 radical (unpaired) electrons. The summed E-state index contributed by atoms with van der Waals surface area (Å²) >= 11 is 3.94. The Kier molecular flexibility index (Phi) is 7.39. The van der Waals surface area contributed by atoms with E-state index in [9.17, 15) is 35.1 Å². The minimum Gasteiger partial charge on any atom is -0.241 e. The van der Waals surface area contributed by atoms with E-state index in [-0.39, 0.29) is 19.8 Å². The van der Waals surface area contributed by atoms with Gasteiger partial charge in [0.15, 0.2) is 66.6 Å². The summed E-state index contributed by atoms with van der Waals surface area (Å²) in [6.07, 6.45) is 2.12. The summed E-state index contributed by atoms with van der Waals surface area (Å²) in [5, 5.41) is 20.4. The lowest BCUT2D eigenvalue weighted by Gasteiger charge is -2.06. The number of halogens is 8. The van der Waals surface area contributed by atoms with E-state index in [1.54, 1.807) is 12.1 Å². The van der Waals surface area contributed by atoms with Crippen LogP contribution in [0.15, 0.2) is 36.7 Å². The van der Waals surface area contributed by atoms with E-state index in [4.69, 9.17) is 10.5 Å². The van der Waals surface area contributed by atoms with Crippen LogP contribution in [0.2, 0.25) is 0 Å². The van der Waals surface area contributed by atoms with Gasteiger partial charge in [0.2, 0.25) is 0 Å². The Balaban J connectivity index is 1.13. The normalized spacial score (nSPS) is 11.6. The van der Waals surface area contributed by atoms with Gasteiger partial charge in [0.25, 0.3) is 0 Å². The maximum absolute atomic E-state index is 14.6. The van der Waals surface area contributed by atoms with Crippen molar-refractivity contribution < 1.29 is 35.1 Å². The summed E-state index contributed by atoms with van der Waals surface area (Å²) in [5.74, 6) is -14.1. The molecule has 244 valence electrons. The van der Waals surface area contributed by atoms with Gasteiger partial charge >= 0.3 is 0 Å². The Labute approximate surface area is 288 Å². The first-order valence-electron chi connectivity index (χ1n) is 13.6. The number of fused-ring (bicyclic) bond motifs is 3. The van der Waals surface area contributed by atoms with Crippen LogP contribution in [0.5, 0.6) is 0 Å². The third-order valence-electron chi connectivity index (χ3n) is 7.47. The molecule has 0 spiro atoms. The predicted molar refractivity (Wildman–Crippen MR) is 172 cm³/mol. The molecular weight excluding hydrogens is 749 g/mol. The second-order valence-corrected chi connectivity index (χ2v) is 14.4. The van der Waals surface area contributed by atoms with E-state index in [2.05, 4.69) is 19.9 Å². The number of nitrogens with zero attached hydrogens (tertiary/aromatic N) is 6. The van der Waals surface area contributed by atoms with Gasteiger partial charge < -0.3 is 0 Å². The molecule has 50 heavy (non-hydrogen) atoms. The van der Waals surface area contributed by atoms with Gasteiger partial charge in [-0.1, -0.05) is 0 Å². The fourth-order valence-electron chi connectivity index (χ4n) is 5.15. The van der Waals surface area contributed by atoms with E-state index in [0.717, 1.165) is 58.0 Å². The third-order valence-corrected chi connectivity index (χ3v) is 11.8. The van der Waals surface area contributed by atoms with Gasteiger partial charge in [0.1, 0.15) is 23.3 Å². The molecule has 8 rings (SSSR count). The van der Waals surface area contributed by atoms with Crippen molar-refractivity contribution in [3.05, 3.63) is 94.3 Å². The van der Waals surface area contributed by atoms with Gasteiger partial charge in [-0.2, -0.15) is 10.5 Å². The van der Waals surface area contributed by atoms with E-state index >= 15 is 0 Å². The molecule has 6 nitrogen and oxygen atoms in total.